The number of amides is 2. The van der Waals surface area contributed by atoms with Crippen molar-refractivity contribution < 1.29 is 28.2 Å². The van der Waals surface area contributed by atoms with E-state index in [1.165, 1.54) is 4.90 Å². The highest BCUT2D eigenvalue weighted by molar-refractivity contribution is 6.77. The lowest BCUT2D eigenvalue weighted by Gasteiger charge is -2.37. The van der Waals surface area contributed by atoms with Gasteiger partial charge in [-0.25, -0.2) is 18.4 Å². The summed E-state index contributed by atoms with van der Waals surface area (Å²) >= 11 is 0. The summed E-state index contributed by atoms with van der Waals surface area (Å²) in [6.45, 7) is 11.0. The minimum atomic E-state index is -1.29. The Bertz CT molecular complexity index is 842. The molecule has 172 valence electrons. The SMILES string of the molecule is CC(C)(C)N(C[C@H]1CN(c2cc(F)c(N3CC[Si](C)(C)CC3)c(F)c2)C(=O)O1)C(=O)O. The van der Waals surface area contributed by atoms with Crippen molar-refractivity contribution in [1.29, 1.82) is 0 Å². The summed E-state index contributed by atoms with van der Waals surface area (Å²) in [4.78, 5) is 28.0. The highest BCUT2D eigenvalue weighted by Gasteiger charge is 2.38. The molecule has 0 saturated carbocycles. The Kier molecular flexibility index (Phi) is 6.23. The molecule has 0 radical (unpaired) electrons. The van der Waals surface area contributed by atoms with Gasteiger partial charge in [-0.2, -0.15) is 0 Å². The number of hydrogen-bond acceptors (Lipinski definition) is 4. The van der Waals surface area contributed by atoms with E-state index < -0.39 is 43.5 Å². The molecule has 0 aromatic heterocycles. The van der Waals surface area contributed by atoms with Gasteiger partial charge in [0, 0.05) is 30.8 Å². The average Bonchev–Trinajstić information content (AvgIpc) is 2.99. The van der Waals surface area contributed by atoms with Crippen LogP contribution in [0.15, 0.2) is 12.1 Å². The molecule has 2 aliphatic rings. The maximum atomic E-state index is 14.9. The molecule has 0 bridgehead atoms. The molecule has 10 heteroatoms. The minimum Gasteiger partial charge on any atom is -0.465 e. The Morgan fingerprint density at radius 3 is 2.26 bits per heavy atom. The van der Waals surface area contributed by atoms with Gasteiger partial charge in [-0.3, -0.25) is 9.80 Å². The second-order valence-electron chi connectivity index (χ2n) is 10.1. The minimum absolute atomic E-state index is 0.0143. The number of ether oxygens (including phenoxy) is 1. The summed E-state index contributed by atoms with van der Waals surface area (Å²) in [6, 6.07) is 4.25. The molecule has 0 spiro atoms. The van der Waals surface area contributed by atoms with E-state index in [1.54, 1.807) is 25.7 Å². The third kappa shape index (κ3) is 5.11. The van der Waals surface area contributed by atoms with Crippen LogP contribution >= 0.6 is 0 Å². The van der Waals surface area contributed by atoms with Crippen LogP contribution in [0.25, 0.3) is 0 Å². The monoisotopic (exact) mass is 455 g/mol. The van der Waals surface area contributed by atoms with Crippen molar-refractivity contribution >= 4 is 31.6 Å². The molecule has 31 heavy (non-hydrogen) atoms. The van der Waals surface area contributed by atoms with Crippen molar-refractivity contribution in [2.45, 2.75) is 57.6 Å². The summed E-state index contributed by atoms with van der Waals surface area (Å²) in [7, 11) is -1.29. The van der Waals surface area contributed by atoms with Gasteiger partial charge < -0.3 is 14.7 Å². The van der Waals surface area contributed by atoms with Crippen molar-refractivity contribution in [2.24, 2.45) is 0 Å². The highest BCUT2D eigenvalue weighted by Crippen LogP contribution is 2.34. The van der Waals surface area contributed by atoms with E-state index in [9.17, 15) is 23.5 Å². The van der Waals surface area contributed by atoms with Crippen LogP contribution in [0.1, 0.15) is 20.8 Å². The second kappa shape index (κ2) is 8.29. The Labute approximate surface area is 182 Å². The van der Waals surface area contributed by atoms with E-state index in [-0.39, 0.29) is 24.5 Å². The summed E-state index contributed by atoms with van der Waals surface area (Å²) in [5, 5.41) is 9.45. The molecule has 2 fully saturated rings. The molecule has 1 atom stereocenters. The van der Waals surface area contributed by atoms with Crippen LogP contribution in [0.5, 0.6) is 0 Å². The fraction of sp³-hybridized carbons (Fsp3) is 0.619. The number of carboxylic acid groups (broad SMARTS) is 1. The molecule has 0 unspecified atom stereocenters. The van der Waals surface area contributed by atoms with E-state index in [2.05, 4.69) is 13.1 Å². The zero-order chi connectivity index (χ0) is 23.1. The molecule has 1 N–H and O–H groups in total. The van der Waals surface area contributed by atoms with Crippen LogP contribution < -0.4 is 9.80 Å². The summed E-state index contributed by atoms with van der Waals surface area (Å²) in [6.07, 6.45) is -2.61. The normalized spacial score (nSPS) is 21.3. The first-order valence-electron chi connectivity index (χ1n) is 10.5. The number of halogens is 2. The molecule has 2 amide bonds. The summed E-state index contributed by atoms with van der Waals surface area (Å²) in [5.41, 5.74) is -0.671. The quantitative estimate of drug-likeness (QED) is 0.672. The molecule has 2 aliphatic heterocycles. The number of benzene rings is 1. The first-order valence-corrected chi connectivity index (χ1v) is 13.9. The van der Waals surface area contributed by atoms with Crippen LogP contribution in [-0.4, -0.2) is 68.1 Å². The maximum absolute atomic E-state index is 14.9. The summed E-state index contributed by atoms with van der Waals surface area (Å²) < 4.78 is 35.1. The van der Waals surface area contributed by atoms with E-state index in [1.807, 2.05) is 0 Å². The van der Waals surface area contributed by atoms with Gasteiger partial charge in [-0.1, -0.05) is 13.1 Å². The van der Waals surface area contributed by atoms with Crippen molar-refractivity contribution in [2.75, 3.05) is 36.0 Å². The average molecular weight is 456 g/mol. The fourth-order valence-corrected chi connectivity index (χ4v) is 6.02. The van der Waals surface area contributed by atoms with E-state index >= 15 is 0 Å². The van der Waals surface area contributed by atoms with Crippen molar-refractivity contribution in [3.05, 3.63) is 23.8 Å². The van der Waals surface area contributed by atoms with Gasteiger partial charge >= 0.3 is 12.2 Å². The van der Waals surface area contributed by atoms with Gasteiger partial charge in [0.25, 0.3) is 0 Å². The van der Waals surface area contributed by atoms with E-state index in [0.717, 1.165) is 29.1 Å². The first kappa shape index (κ1) is 23.3. The van der Waals surface area contributed by atoms with Crippen molar-refractivity contribution in [1.82, 2.24) is 4.90 Å². The lowest BCUT2D eigenvalue weighted by molar-refractivity contribution is 0.0605. The highest BCUT2D eigenvalue weighted by atomic mass is 28.3. The molecular weight excluding hydrogens is 424 g/mol. The van der Waals surface area contributed by atoms with Gasteiger partial charge in [0.15, 0.2) is 11.6 Å². The first-order chi connectivity index (χ1) is 14.3. The maximum Gasteiger partial charge on any atom is 0.414 e. The van der Waals surface area contributed by atoms with Gasteiger partial charge in [0.1, 0.15) is 11.8 Å². The number of hydrogen-bond donors (Lipinski definition) is 1. The smallest absolute Gasteiger partial charge is 0.414 e. The Hall–Kier alpha value is -2.36. The number of nitrogens with zero attached hydrogens (tertiary/aromatic N) is 3. The fourth-order valence-electron chi connectivity index (χ4n) is 4.02. The topological polar surface area (TPSA) is 73.3 Å². The van der Waals surface area contributed by atoms with Crippen molar-refractivity contribution in [3.63, 3.8) is 0 Å². The van der Waals surface area contributed by atoms with Gasteiger partial charge in [-0.15, -0.1) is 0 Å². The lowest BCUT2D eigenvalue weighted by atomic mass is 10.1. The van der Waals surface area contributed by atoms with Gasteiger partial charge in [0.2, 0.25) is 0 Å². The standard InChI is InChI=1S/C21H31F2N3O4Si/c1-21(2,3)26(19(27)28)13-15-12-25(20(29)30-15)14-10-16(22)18(17(23)11-14)24-6-8-31(4,5)9-7-24/h10-11,15H,6-9,12-13H2,1-5H3,(H,27,28)/t15-/m1/s1. The third-order valence-electron chi connectivity index (χ3n) is 6.05. The molecule has 0 aliphatic carbocycles. The van der Waals surface area contributed by atoms with Crippen LogP contribution in [0, 0.1) is 11.6 Å². The third-order valence-corrected chi connectivity index (χ3v) is 9.20. The zero-order valence-corrected chi connectivity index (χ0v) is 19.7. The molecular formula is C21H31F2N3O4Si. The van der Waals surface area contributed by atoms with Crippen LogP contribution in [0.3, 0.4) is 0 Å². The second-order valence-corrected chi connectivity index (χ2v) is 15.4. The molecule has 2 heterocycles. The molecule has 3 rings (SSSR count). The summed E-state index contributed by atoms with van der Waals surface area (Å²) in [5.74, 6) is -1.43. The Balaban J connectivity index is 1.76. The number of carbonyl (C=O) groups excluding carboxylic acids is 1. The van der Waals surface area contributed by atoms with Gasteiger partial charge in [-0.05, 0) is 32.9 Å². The predicted octanol–water partition coefficient (Wildman–Crippen LogP) is 4.60. The zero-order valence-electron chi connectivity index (χ0n) is 18.7. The van der Waals surface area contributed by atoms with Crippen molar-refractivity contribution in [3.8, 4) is 0 Å². The van der Waals surface area contributed by atoms with Gasteiger partial charge in [0.05, 0.1) is 26.9 Å². The van der Waals surface area contributed by atoms with E-state index in [4.69, 9.17) is 4.74 Å². The van der Waals surface area contributed by atoms with Crippen LogP contribution in [0.4, 0.5) is 29.7 Å². The largest absolute Gasteiger partial charge is 0.465 e. The number of rotatable bonds is 4. The number of cyclic esters (lactones) is 1. The number of anilines is 2. The van der Waals surface area contributed by atoms with E-state index in [0.29, 0.717) is 13.1 Å². The molecule has 2 saturated heterocycles. The lowest BCUT2D eigenvalue weighted by Crippen LogP contribution is -2.49. The predicted molar refractivity (Wildman–Crippen MR) is 118 cm³/mol. The number of carbonyl (C=O) groups is 2. The Morgan fingerprint density at radius 2 is 1.77 bits per heavy atom. The van der Waals surface area contributed by atoms with Crippen LogP contribution in [0.2, 0.25) is 25.2 Å². The van der Waals surface area contributed by atoms with Crippen LogP contribution in [-0.2, 0) is 4.74 Å². The molecule has 7 nitrogen and oxygen atoms in total. The molecule has 1 aromatic carbocycles. The molecule has 1 aromatic rings. The Morgan fingerprint density at radius 1 is 1.23 bits per heavy atom.